The predicted octanol–water partition coefficient (Wildman–Crippen LogP) is 4.75. The quantitative estimate of drug-likeness (QED) is 0.562. The summed E-state index contributed by atoms with van der Waals surface area (Å²) in [6.07, 6.45) is 1.10. The number of fused-ring (bicyclic) bond motifs is 1. The van der Waals surface area contributed by atoms with Crippen LogP contribution < -0.4 is 9.46 Å². The molecule has 0 aliphatic carbocycles. The first-order valence-electron chi connectivity index (χ1n) is 7.38. The van der Waals surface area contributed by atoms with Crippen molar-refractivity contribution >= 4 is 58.9 Å². The highest BCUT2D eigenvalue weighted by atomic mass is 79.9. The lowest BCUT2D eigenvalue weighted by Crippen LogP contribution is -2.14. The van der Waals surface area contributed by atoms with Crippen molar-refractivity contribution in [3.8, 4) is 11.5 Å². The molecule has 132 valence electrons. The highest BCUT2D eigenvalue weighted by Crippen LogP contribution is 2.37. The second-order valence-corrected chi connectivity index (χ2v) is 8.81. The molecule has 6 nitrogen and oxygen atoms in total. The van der Waals surface area contributed by atoms with E-state index in [1.54, 1.807) is 16.7 Å². The van der Waals surface area contributed by atoms with Gasteiger partial charge in [-0.2, -0.15) is 0 Å². The van der Waals surface area contributed by atoms with Gasteiger partial charge in [-0.3, -0.25) is 4.72 Å². The number of para-hydroxylation sites is 1. The summed E-state index contributed by atoms with van der Waals surface area (Å²) < 4.78 is 34.9. The molecule has 0 aliphatic rings. The summed E-state index contributed by atoms with van der Waals surface area (Å²) in [5.41, 5.74) is 1.47. The number of sulfonamides is 1. The second-order valence-electron chi connectivity index (χ2n) is 5.36. The van der Waals surface area contributed by atoms with Crippen LogP contribution >= 0.6 is 31.9 Å². The minimum absolute atomic E-state index is 0.291. The minimum atomic E-state index is -3.40. The lowest BCUT2D eigenvalue weighted by molar-refractivity contribution is 0.477. The molecule has 9 heteroatoms. The van der Waals surface area contributed by atoms with Crippen molar-refractivity contribution in [2.75, 3.05) is 11.0 Å². The fourth-order valence-electron chi connectivity index (χ4n) is 2.43. The predicted molar refractivity (Wildman–Crippen MR) is 106 cm³/mol. The van der Waals surface area contributed by atoms with Crippen LogP contribution in [0.5, 0.6) is 11.5 Å². The number of nitrogens with one attached hydrogen (secondary N) is 1. The van der Waals surface area contributed by atoms with E-state index in [4.69, 9.17) is 4.74 Å². The van der Waals surface area contributed by atoms with Gasteiger partial charge in [0, 0.05) is 12.6 Å². The molecule has 3 rings (SSSR count). The molecule has 2 aromatic carbocycles. The first kappa shape index (κ1) is 18.2. The lowest BCUT2D eigenvalue weighted by atomic mass is 10.3. The standard InChI is InChI=1S/C16H15Br2N3O3S/c1-3-21-14-9-10(24-15-11(17)5-4-6-12(15)18)7-8-13(14)19-16(21)20-25(2,22)23/h4-9H,3H2,1-2H3,(H,19,20). The number of anilines is 1. The number of aromatic nitrogens is 2. The number of rotatable bonds is 5. The van der Waals surface area contributed by atoms with Crippen molar-refractivity contribution in [1.82, 2.24) is 9.55 Å². The van der Waals surface area contributed by atoms with Crippen LogP contribution in [-0.4, -0.2) is 24.2 Å². The maximum atomic E-state index is 11.5. The number of hydrogen-bond acceptors (Lipinski definition) is 4. The molecule has 0 spiro atoms. The van der Waals surface area contributed by atoms with Gasteiger partial charge in [0.15, 0.2) is 5.75 Å². The number of nitrogens with zero attached hydrogens (tertiary/aromatic N) is 2. The molecule has 1 N–H and O–H groups in total. The SMILES string of the molecule is CCn1c(NS(C)(=O)=O)nc2ccc(Oc3c(Br)cccc3Br)cc21. The second kappa shape index (κ2) is 6.97. The third-order valence-corrected chi connectivity index (χ3v) is 5.25. The van der Waals surface area contributed by atoms with E-state index in [2.05, 4.69) is 41.6 Å². The van der Waals surface area contributed by atoms with Gasteiger partial charge in [-0.1, -0.05) is 6.07 Å². The van der Waals surface area contributed by atoms with E-state index in [9.17, 15) is 8.42 Å². The van der Waals surface area contributed by atoms with Gasteiger partial charge in [-0.05, 0) is 63.0 Å². The van der Waals surface area contributed by atoms with Gasteiger partial charge in [0.2, 0.25) is 16.0 Å². The van der Waals surface area contributed by atoms with Crippen LogP contribution in [0.2, 0.25) is 0 Å². The van der Waals surface area contributed by atoms with Gasteiger partial charge in [-0.25, -0.2) is 13.4 Å². The van der Waals surface area contributed by atoms with Crippen molar-refractivity contribution in [1.29, 1.82) is 0 Å². The van der Waals surface area contributed by atoms with Crippen molar-refractivity contribution in [2.24, 2.45) is 0 Å². The zero-order valence-corrected chi connectivity index (χ0v) is 17.4. The maximum absolute atomic E-state index is 11.5. The average molecular weight is 489 g/mol. The molecule has 25 heavy (non-hydrogen) atoms. The molecule has 0 atom stereocenters. The van der Waals surface area contributed by atoms with E-state index in [1.807, 2.05) is 31.2 Å². The van der Waals surface area contributed by atoms with E-state index in [-0.39, 0.29) is 0 Å². The molecule has 0 unspecified atom stereocenters. The molecule has 1 heterocycles. The molecule has 0 radical (unpaired) electrons. The van der Waals surface area contributed by atoms with Crippen LogP contribution in [0.3, 0.4) is 0 Å². The molecule has 0 saturated carbocycles. The Hall–Kier alpha value is -1.58. The Bertz CT molecular complexity index is 1030. The van der Waals surface area contributed by atoms with Crippen molar-refractivity contribution in [3.63, 3.8) is 0 Å². The van der Waals surface area contributed by atoms with E-state index in [0.29, 0.717) is 29.5 Å². The van der Waals surface area contributed by atoms with Crippen LogP contribution in [0.25, 0.3) is 11.0 Å². The zero-order valence-electron chi connectivity index (χ0n) is 13.5. The summed E-state index contributed by atoms with van der Waals surface area (Å²) in [6, 6.07) is 11.1. The van der Waals surface area contributed by atoms with E-state index in [0.717, 1.165) is 20.7 Å². The molecule has 0 saturated heterocycles. The first-order chi connectivity index (χ1) is 11.8. The Kier molecular flexibility index (Phi) is 5.08. The third kappa shape index (κ3) is 3.99. The van der Waals surface area contributed by atoms with Gasteiger partial charge < -0.3 is 9.30 Å². The summed E-state index contributed by atoms with van der Waals surface area (Å²) in [4.78, 5) is 4.35. The fourth-order valence-corrected chi connectivity index (χ4v) is 4.08. The molecular formula is C16H15Br2N3O3S. The number of halogens is 2. The molecule has 3 aromatic rings. The Morgan fingerprint density at radius 3 is 2.48 bits per heavy atom. The highest BCUT2D eigenvalue weighted by Gasteiger charge is 2.15. The number of aryl methyl sites for hydroxylation is 1. The Labute approximate surface area is 162 Å². The average Bonchev–Trinajstić information content (AvgIpc) is 2.85. The Morgan fingerprint density at radius 2 is 1.88 bits per heavy atom. The summed E-state index contributed by atoms with van der Waals surface area (Å²) in [5, 5.41) is 0. The molecule has 0 aliphatic heterocycles. The van der Waals surface area contributed by atoms with Gasteiger partial charge in [-0.15, -0.1) is 0 Å². The van der Waals surface area contributed by atoms with Gasteiger partial charge in [0.05, 0.1) is 26.2 Å². The summed E-state index contributed by atoms with van der Waals surface area (Å²) in [7, 11) is -3.40. The van der Waals surface area contributed by atoms with Gasteiger partial charge >= 0.3 is 0 Å². The zero-order chi connectivity index (χ0) is 18.2. The van der Waals surface area contributed by atoms with Crippen LogP contribution in [0.15, 0.2) is 45.3 Å². The molecule has 0 fully saturated rings. The number of hydrogen-bond donors (Lipinski definition) is 1. The Morgan fingerprint density at radius 1 is 1.20 bits per heavy atom. The van der Waals surface area contributed by atoms with Crippen molar-refractivity contribution in [2.45, 2.75) is 13.5 Å². The van der Waals surface area contributed by atoms with Crippen LogP contribution in [-0.2, 0) is 16.6 Å². The summed E-state index contributed by atoms with van der Waals surface area (Å²) in [6.45, 7) is 2.49. The van der Waals surface area contributed by atoms with E-state index >= 15 is 0 Å². The van der Waals surface area contributed by atoms with E-state index in [1.165, 1.54) is 0 Å². The Balaban J connectivity index is 2.05. The van der Waals surface area contributed by atoms with Gasteiger partial charge in [0.1, 0.15) is 5.75 Å². The molecule has 0 amide bonds. The lowest BCUT2D eigenvalue weighted by Gasteiger charge is -2.10. The number of imidazole rings is 1. The molecule has 1 aromatic heterocycles. The van der Waals surface area contributed by atoms with Gasteiger partial charge in [0.25, 0.3) is 0 Å². The molecular weight excluding hydrogens is 474 g/mol. The smallest absolute Gasteiger partial charge is 0.232 e. The van der Waals surface area contributed by atoms with Crippen molar-refractivity contribution < 1.29 is 13.2 Å². The minimum Gasteiger partial charge on any atom is -0.455 e. The number of benzene rings is 2. The number of ether oxygens (including phenoxy) is 1. The van der Waals surface area contributed by atoms with Crippen LogP contribution in [0.4, 0.5) is 5.95 Å². The topological polar surface area (TPSA) is 73.2 Å². The maximum Gasteiger partial charge on any atom is 0.232 e. The summed E-state index contributed by atoms with van der Waals surface area (Å²) in [5.74, 6) is 1.58. The highest BCUT2D eigenvalue weighted by molar-refractivity contribution is 9.11. The van der Waals surface area contributed by atoms with E-state index < -0.39 is 10.0 Å². The largest absolute Gasteiger partial charge is 0.455 e. The van der Waals surface area contributed by atoms with Crippen molar-refractivity contribution in [3.05, 3.63) is 45.3 Å². The fraction of sp³-hybridized carbons (Fsp3) is 0.188. The monoisotopic (exact) mass is 487 g/mol. The van der Waals surface area contributed by atoms with Crippen LogP contribution in [0, 0.1) is 0 Å². The summed E-state index contributed by atoms with van der Waals surface area (Å²) >= 11 is 6.94. The first-order valence-corrected chi connectivity index (χ1v) is 10.9. The normalized spacial score (nSPS) is 11.7. The molecule has 0 bridgehead atoms. The van der Waals surface area contributed by atoms with Crippen LogP contribution in [0.1, 0.15) is 6.92 Å². The third-order valence-electron chi connectivity index (χ3n) is 3.45.